The summed E-state index contributed by atoms with van der Waals surface area (Å²) in [5.74, 6) is -0.423. The normalized spacial score (nSPS) is 10.2. The van der Waals surface area contributed by atoms with Gasteiger partial charge in [0.2, 0.25) is 5.91 Å². The van der Waals surface area contributed by atoms with Gasteiger partial charge in [0.25, 0.3) is 0 Å². The van der Waals surface area contributed by atoms with Crippen LogP contribution in [0.3, 0.4) is 0 Å². The molecule has 17 heavy (non-hydrogen) atoms. The van der Waals surface area contributed by atoms with Crippen LogP contribution in [0.15, 0.2) is 36.4 Å². The summed E-state index contributed by atoms with van der Waals surface area (Å²) in [5, 5.41) is 3.21. The van der Waals surface area contributed by atoms with Crippen molar-refractivity contribution in [2.24, 2.45) is 5.73 Å². The molecule has 0 spiro atoms. The van der Waals surface area contributed by atoms with Crippen LogP contribution in [0, 0.1) is 0 Å². The lowest BCUT2D eigenvalue weighted by Crippen LogP contribution is -2.11. The highest BCUT2D eigenvalue weighted by atomic mass is 35.5. The first-order valence-electron chi connectivity index (χ1n) is 5.03. The fourth-order valence-corrected chi connectivity index (χ4v) is 2.45. The molecule has 2 rings (SSSR count). The molecule has 0 aliphatic carbocycles. The monoisotopic (exact) mass is 266 g/mol. The summed E-state index contributed by atoms with van der Waals surface area (Å²) in [7, 11) is 0. The Kier molecular flexibility index (Phi) is 3.66. The molecule has 3 N–H and O–H groups in total. The minimum absolute atomic E-state index is 0.423. The first-order chi connectivity index (χ1) is 8.15. The molecule has 1 heterocycles. The molecule has 2 aromatic rings. The number of carbonyl (C=O) groups is 1. The van der Waals surface area contributed by atoms with Crippen molar-refractivity contribution in [2.75, 3.05) is 5.32 Å². The molecule has 0 atom stereocenters. The number of rotatable bonds is 4. The van der Waals surface area contributed by atoms with Crippen molar-refractivity contribution in [1.82, 2.24) is 0 Å². The molecule has 1 amide bonds. The highest BCUT2D eigenvalue weighted by Crippen LogP contribution is 2.22. The number of halogens is 1. The first-order valence-corrected chi connectivity index (χ1v) is 6.22. The Bertz CT molecular complexity index is 539. The van der Waals surface area contributed by atoms with Gasteiger partial charge in [0, 0.05) is 22.7 Å². The molecule has 88 valence electrons. The lowest BCUT2D eigenvalue weighted by Gasteiger charge is -2.05. The summed E-state index contributed by atoms with van der Waals surface area (Å²) < 4.78 is 0.771. The Labute approximate surface area is 108 Å². The molecule has 3 nitrogen and oxygen atoms in total. The fourth-order valence-electron chi connectivity index (χ4n) is 1.42. The largest absolute Gasteiger partial charge is 0.380 e. The van der Waals surface area contributed by atoms with Crippen LogP contribution >= 0.6 is 22.9 Å². The SMILES string of the molecule is NC(=O)c1cccc(NCc2ccc(Cl)s2)c1. The van der Waals surface area contributed by atoms with Gasteiger partial charge in [0.15, 0.2) is 0 Å². The van der Waals surface area contributed by atoms with Crippen LogP contribution in [0.2, 0.25) is 4.34 Å². The lowest BCUT2D eigenvalue weighted by molar-refractivity contribution is 0.100. The molecule has 0 bridgehead atoms. The molecule has 1 aromatic heterocycles. The summed E-state index contributed by atoms with van der Waals surface area (Å²) in [5.41, 5.74) is 6.58. The van der Waals surface area contributed by atoms with E-state index in [9.17, 15) is 4.79 Å². The number of hydrogen-bond donors (Lipinski definition) is 2. The van der Waals surface area contributed by atoms with Crippen LogP contribution in [0.4, 0.5) is 5.69 Å². The maximum Gasteiger partial charge on any atom is 0.248 e. The standard InChI is InChI=1S/C12H11ClN2OS/c13-11-5-4-10(17-11)7-15-9-3-1-2-8(6-9)12(14)16/h1-6,15H,7H2,(H2,14,16). The van der Waals surface area contributed by atoms with Gasteiger partial charge in [0.1, 0.15) is 0 Å². The van der Waals surface area contributed by atoms with E-state index in [1.54, 1.807) is 18.2 Å². The zero-order chi connectivity index (χ0) is 12.3. The highest BCUT2D eigenvalue weighted by Gasteiger charge is 2.02. The number of amides is 1. The molecule has 0 saturated heterocycles. The van der Waals surface area contributed by atoms with Crippen LogP contribution in [0.1, 0.15) is 15.2 Å². The Morgan fingerprint density at radius 1 is 1.35 bits per heavy atom. The van der Waals surface area contributed by atoms with Gasteiger partial charge in [-0.05, 0) is 30.3 Å². The average molecular weight is 267 g/mol. The van der Waals surface area contributed by atoms with Gasteiger partial charge in [-0.2, -0.15) is 0 Å². The highest BCUT2D eigenvalue weighted by molar-refractivity contribution is 7.16. The van der Waals surface area contributed by atoms with Crippen LogP contribution in [-0.4, -0.2) is 5.91 Å². The second-order valence-electron chi connectivity index (χ2n) is 3.50. The van der Waals surface area contributed by atoms with E-state index in [0.29, 0.717) is 12.1 Å². The number of hydrogen-bond acceptors (Lipinski definition) is 3. The van der Waals surface area contributed by atoms with Gasteiger partial charge in [-0.25, -0.2) is 0 Å². The third-order valence-electron chi connectivity index (χ3n) is 2.24. The third-order valence-corrected chi connectivity index (χ3v) is 3.47. The van der Waals surface area contributed by atoms with Crippen molar-refractivity contribution >= 4 is 34.5 Å². The predicted molar refractivity (Wildman–Crippen MR) is 71.6 cm³/mol. The maximum absolute atomic E-state index is 11.0. The fraction of sp³-hybridized carbons (Fsp3) is 0.0833. The maximum atomic E-state index is 11.0. The van der Waals surface area contributed by atoms with E-state index in [0.717, 1.165) is 14.9 Å². The van der Waals surface area contributed by atoms with Crippen molar-refractivity contribution in [1.29, 1.82) is 0 Å². The van der Waals surface area contributed by atoms with Crippen molar-refractivity contribution < 1.29 is 4.79 Å². The van der Waals surface area contributed by atoms with Crippen molar-refractivity contribution in [3.05, 3.63) is 51.2 Å². The number of carbonyl (C=O) groups excluding carboxylic acids is 1. The van der Waals surface area contributed by atoms with Crippen LogP contribution in [0.5, 0.6) is 0 Å². The summed E-state index contributed by atoms with van der Waals surface area (Å²) in [6, 6.07) is 10.9. The zero-order valence-corrected chi connectivity index (χ0v) is 10.5. The smallest absolute Gasteiger partial charge is 0.248 e. The molecular formula is C12H11ClN2OS. The van der Waals surface area contributed by atoms with Crippen molar-refractivity contribution in [2.45, 2.75) is 6.54 Å². The molecule has 0 aliphatic heterocycles. The number of nitrogens with two attached hydrogens (primary N) is 1. The zero-order valence-electron chi connectivity index (χ0n) is 8.94. The number of nitrogens with one attached hydrogen (secondary N) is 1. The Balaban J connectivity index is 2.04. The Hall–Kier alpha value is -1.52. The summed E-state index contributed by atoms with van der Waals surface area (Å²) >= 11 is 7.37. The topological polar surface area (TPSA) is 55.1 Å². The van der Waals surface area contributed by atoms with Crippen molar-refractivity contribution in [3.8, 4) is 0 Å². The molecule has 0 radical (unpaired) electrons. The van der Waals surface area contributed by atoms with Crippen LogP contribution in [0.25, 0.3) is 0 Å². The molecule has 0 fully saturated rings. The van der Waals surface area contributed by atoms with E-state index in [1.165, 1.54) is 11.3 Å². The van der Waals surface area contributed by atoms with Gasteiger partial charge < -0.3 is 11.1 Å². The van der Waals surface area contributed by atoms with Crippen molar-refractivity contribution in [3.63, 3.8) is 0 Å². The first kappa shape index (κ1) is 12.0. The molecule has 0 unspecified atom stereocenters. The second-order valence-corrected chi connectivity index (χ2v) is 5.30. The van der Waals surface area contributed by atoms with Crippen LogP contribution < -0.4 is 11.1 Å². The number of thiophene rings is 1. The minimum Gasteiger partial charge on any atom is -0.380 e. The number of benzene rings is 1. The molecular weight excluding hydrogens is 256 g/mol. The molecule has 0 saturated carbocycles. The van der Waals surface area contributed by atoms with E-state index in [-0.39, 0.29) is 0 Å². The number of anilines is 1. The van der Waals surface area contributed by atoms with E-state index in [2.05, 4.69) is 5.32 Å². The number of primary amides is 1. The Morgan fingerprint density at radius 3 is 2.82 bits per heavy atom. The lowest BCUT2D eigenvalue weighted by atomic mass is 10.2. The van der Waals surface area contributed by atoms with Gasteiger partial charge in [-0.1, -0.05) is 17.7 Å². The van der Waals surface area contributed by atoms with E-state index in [1.807, 2.05) is 18.2 Å². The molecule has 5 heteroatoms. The molecule has 1 aromatic carbocycles. The summed E-state index contributed by atoms with van der Waals surface area (Å²) in [4.78, 5) is 12.1. The Morgan fingerprint density at radius 2 is 2.18 bits per heavy atom. The van der Waals surface area contributed by atoms with E-state index >= 15 is 0 Å². The van der Waals surface area contributed by atoms with Gasteiger partial charge in [-0.3, -0.25) is 4.79 Å². The van der Waals surface area contributed by atoms with Crippen LogP contribution in [-0.2, 0) is 6.54 Å². The third kappa shape index (κ3) is 3.22. The van der Waals surface area contributed by atoms with Gasteiger partial charge in [0.05, 0.1) is 4.34 Å². The quantitative estimate of drug-likeness (QED) is 0.893. The van der Waals surface area contributed by atoms with E-state index in [4.69, 9.17) is 17.3 Å². The van der Waals surface area contributed by atoms with Gasteiger partial charge in [-0.15, -0.1) is 11.3 Å². The average Bonchev–Trinajstić information content (AvgIpc) is 2.73. The molecule has 0 aliphatic rings. The second kappa shape index (κ2) is 5.21. The summed E-state index contributed by atoms with van der Waals surface area (Å²) in [6.07, 6.45) is 0. The van der Waals surface area contributed by atoms with E-state index < -0.39 is 5.91 Å². The van der Waals surface area contributed by atoms with Gasteiger partial charge >= 0.3 is 0 Å². The predicted octanol–water partition coefficient (Wildman–Crippen LogP) is 3.11. The minimum atomic E-state index is -0.423. The summed E-state index contributed by atoms with van der Waals surface area (Å²) in [6.45, 7) is 0.680.